The molecule has 0 aromatic rings. The Hall–Kier alpha value is -3.51. The number of nitrogens with one attached hydrogen (secondary N) is 4. The highest BCUT2D eigenvalue weighted by atomic mass is 16.2. The minimum Gasteiger partial charge on any atom is -0.376 e. The Bertz CT molecular complexity index is 1600. The van der Waals surface area contributed by atoms with Crippen molar-refractivity contribution < 1.29 is 24.0 Å². The minimum atomic E-state index is -1.04. The molecule has 0 bridgehead atoms. The van der Waals surface area contributed by atoms with E-state index >= 15 is 4.79 Å². The largest absolute Gasteiger partial charge is 0.376 e. The van der Waals surface area contributed by atoms with Crippen LogP contribution in [0.25, 0.3) is 0 Å². The van der Waals surface area contributed by atoms with E-state index in [0.29, 0.717) is 24.9 Å². The maximum Gasteiger partial charge on any atom is 0.246 e. The number of hydrogen-bond acceptors (Lipinski definition) is 8. The van der Waals surface area contributed by atoms with Crippen molar-refractivity contribution in [3.8, 4) is 0 Å². The summed E-state index contributed by atoms with van der Waals surface area (Å²) in [5.74, 6) is -0.927. The highest BCUT2D eigenvalue weighted by Gasteiger charge is 2.85. The van der Waals surface area contributed by atoms with Gasteiger partial charge in [-0.15, -0.1) is 19.7 Å². The number of amides is 4. The monoisotopic (exact) mass is 866 g/mol. The Kier molecular flexibility index (Phi) is 17.5. The number of carbonyl (C=O) groups excluding carboxylic acids is 5. The average molecular weight is 866 g/mol. The molecule has 0 aromatic carbocycles. The van der Waals surface area contributed by atoms with Gasteiger partial charge in [-0.3, -0.25) is 24.1 Å². The molecule has 0 aromatic heterocycles. The highest BCUT2D eigenvalue weighted by molar-refractivity contribution is 5.99. The van der Waals surface area contributed by atoms with E-state index in [-0.39, 0.29) is 57.8 Å². The zero-order valence-electron chi connectivity index (χ0n) is 41.1. The van der Waals surface area contributed by atoms with Gasteiger partial charge in [0.25, 0.3) is 0 Å². The molecule has 4 N–H and O–H groups in total. The minimum absolute atomic E-state index is 0.0169. The molecular weight excluding hydrogens is 779 g/mol. The van der Waals surface area contributed by atoms with Crippen LogP contribution in [0.1, 0.15) is 139 Å². The number of carbonyl (C=O) groups is 5. The molecule has 2 aliphatic heterocycles. The molecule has 12 nitrogen and oxygen atoms in total. The lowest BCUT2D eigenvalue weighted by molar-refractivity contribution is -0.145. The van der Waals surface area contributed by atoms with Crippen molar-refractivity contribution in [2.75, 3.05) is 40.8 Å². The fourth-order valence-electron chi connectivity index (χ4n) is 11.4. The van der Waals surface area contributed by atoms with Gasteiger partial charge in [-0.05, 0) is 121 Å². The summed E-state index contributed by atoms with van der Waals surface area (Å²) >= 11 is 0. The summed E-state index contributed by atoms with van der Waals surface area (Å²) in [4.78, 5) is 71.5. The third-order valence-electron chi connectivity index (χ3n) is 16.3. The lowest BCUT2D eigenvalue weighted by Gasteiger charge is -2.39. The first-order chi connectivity index (χ1) is 29.0. The van der Waals surface area contributed by atoms with Gasteiger partial charge >= 0.3 is 0 Å². The standard InChI is InChI=1S/C41H66N6O4.C6H15N.C2H4.CH2O/c1-10-28-23-41(28,36(51)42-9)45-33(48)30-24-40(38(7,8)39(40)20-16-21-39)25-47(30)35(50)32(37(4,5)6)44-34(49)31(27-17-13-12-14-18-27)43-26(3)29-19-15-22-46(29)11-2;1-6(2,3)7(4)5;2*1-2/h10,27-32,43H,1,3,11-25H2,2,4-9H3,(H,42,51)(H,44,49)(H,45,48);1-5H3;1-2H2;1H2/t28-,29+,30?,31?,32-,40?,41?;;;/m1.../s1. The molecule has 6 aliphatic rings. The van der Waals surface area contributed by atoms with E-state index in [1.165, 1.54) is 6.42 Å². The predicted octanol–water partition coefficient (Wildman–Crippen LogP) is 6.62. The summed E-state index contributed by atoms with van der Waals surface area (Å²) < 4.78 is 0. The van der Waals surface area contributed by atoms with Crippen LogP contribution in [0.5, 0.6) is 0 Å². The van der Waals surface area contributed by atoms with Crippen LogP contribution in [0.15, 0.2) is 38.1 Å². The molecule has 12 heteroatoms. The van der Waals surface area contributed by atoms with Gasteiger partial charge < -0.3 is 35.9 Å². The summed E-state index contributed by atoms with van der Waals surface area (Å²) in [7, 11) is 5.75. The Morgan fingerprint density at radius 2 is 1.44 bits per heavy atom. The number of likely N-dealkylation sites (tertiary alicyclic amines) is 2. The molecule has 62 heavy (non-hydrogen) atoms. The molecular formula is C50H87N7O5. The van der Waals surface area contributed by atoms with E-state index in [2.05, 4.69) is 113 Å². The Balaban J connectivity index is 0.000000837. The Labute approximate surface area is 376 Å². The second-order valence-electron chi connectivity index (χ2n) is 21.6. The molecule has 4 amide bonds. The summed E-state index contributed by atoms with van der Waals surface area (Å²) in [6.45, 7) is 38.1. The van der Waals surface area contributed by atoms with Gasteiger partial charge in [0.05, 0.1) is 0 Å². The lowest BCUT2D eigenvalue weighted by Crippen LogP contribution is -2.62. The van der Waals surface area contributed by atoms with Gasteiger partial charge in [0.2, 0.25) is 23.6 Å². The van der Waals surface area contributed by atoms with Gasteiger partial charge in [0.15, 0.2) is 0 Å². The fourth-order valence-corrected chi connectivity index (χ4v) is 11.4. The van der Waals surface area contributed by atoms with E-state index < -0.39 is 29.1 Å². The van der Waals surface area contributed by atoms with E-state index in [9.17, 15) is 14.4 Å². The lowest BCUT2D eigenvalue weighted by atomic mass is 9.73. The van der Waals surface area contributed by atoms with E-state index in [0.717, 1.165) is 76.6 Å². The van der Waals surface area contributed by atoms with Crippen LogP contribution < -0.4 is 21.3 Å². The Morgan fingerprint density at radius 3 is 1.87 bits per heavy atom. The Morgan fingerprint density at radius 1 is 0.855 bits per heavy atom. The van der Waals surface area contributed by atoms with Crippen LogP contribution >= 0.6 is 0 Å². The number of rotatable bonds is 12. The van der Waals surface area contributed by atoms with Crippen LogP contribution in [0, 0.1) is 33.5 Å². The van der Waals surface area contributed by atoms with Crippen LogP contribution in [0.3, 0.4) is 0 Å². The SMILES string of the molecule is C=C.C=C[C@@H]1CC1(NC(=O)C1CC2(CN1C(=O)[C@@H](NC(=O)C(NC(=C)[C@@H]1CCCN1CC)C1CCCCC1)C(C)(C)C)C(C)(C)C21CCC1)C(=O)NC.C=O.CN(C)C(C)(C)C. The fraction of sp³-hybridized carbons (Fsp3) is 0.780. The van der Waals surface area contributed by atoms with Gasteiger partial charge in [-0.25, -0.2) is 0 Å². The van der Waals surface area contributed by atoms with Gasteiger partial charge in [0.1, 0.15) is 30.5 Å². The van der Waals surface area contributed by atoms with E-state index in [4.69, 9.17) is 4.79 Å². The van der Waals surface area contributed by atoms with Crippen LogP contribution in [0.2, 0.25) is 0 Å². The van der Waals surface area contributed by atoms with Crippen molar-refractivity contribution >= 4 is 30.4 Å². The number of fused-ring (bicyclic) bond motifs is 1. The summed E-state index contributed by atoms with van der Waals surface area (Å²) in [6, 6.07) is -1.87. The maximum atomic E-state index is 15.1. The molecule has 7 atom stereocenters. The molecule has 2 saturated heterocycles. The molecule has 4 unspecified atom stereocenters. The molecule has 4 saturated carbocycles. The summed E-state index contributed by atoms with van der Waals surface area (Å²) in [5, 5.41) is 12.7. The van der Waals surface area contributed by atoms with Crippen molar-refractivity contribution in [3.63, 3.8) is 0 Å². The van der Waals surface area contributed by atoms with Crippen molar-refractivity contribution in [1.29, 1.82) is 0 Å². The van der Waals surface area contributed by atoms with Crippen LogP contribution in [-0.2, 0) is 24.0 Å². The topological polar surface area (TPSA) is 143 Å². The van der Waals surface area contributed by atoms with Crippen molar-refractivity contribution in [3.05, 3.63) is 38.1 Å². The van der Waals surface area contributed by atoms with Gasteiger partial charge in [-0.2, -0.15) is 0 Å². The normalized spacial score (nSPS) is 29.2. The smallest absolute Gasteiger partial charge is 0.246 e. The van der Waals surface area contributed by atoms with Crippen LogP contribution in [0.4, 0.5) is 0 Å². The molecule has 352 valence electrons. The summed E-state index contributed by atoms with van der Waals surface area (Å²) in [5.41, 5.74) is -0.530. The quantitative estimate of drug-likeness (QED) is 0.161. The number of hydrogen-bond donors (Lipinski definition) is 4. The van der Waals surface area contributed by atoms with Crippen molar-refractivity contribution in [2.45, 2.75) is 175 Å². The number of likely N-dealkylation sites (N-methyl/N-ethyl adjacent to an activating group) is 2. The van der Waals surface area contributed by atoms with E-state index in [1.54, 1.807) is 18.0 Å². The first kappa shape index (κ1) is 52.8. The molecule has 6 fully saturated rings. The average Bonchev–Trinajstić information content (AvgIpc) is 3.73. The molecule has 6 rings (SSSR count). The molecule has 2 spiro atoms. The summed E-state index contributed by atoms with van der Waals surface area (Å²) in [6.07, 6.45) is 13.5. The van der Waals surface area contributed by atoms with Crippen LogP contribution in [-0.4, -0.2) is 121 Å². The van der Waals surface area contributed by atoms with Crippen molar-refractivity contribution in [2.24, 2.45) is 33.5 Å². The van der Waals surface area contributed by atoms with Gasteiger partial charge in [-0.1, -0.05) is 79.9 Å². The molecule has 2 heterocycles. The first-order valence-corrected chi connectivity index (χ1v) is 23.4. The van der Waals surface area contributed by atoms with E-state index in [1.807, 2.05) is 27.6 Å². The third-order valence-corrected chi connectivity index (χ3v) is 16.3. The number of nitrogens with zero attached hydrogens (tertiary/aromatic N) is 3. The molecule has 4 aliphatic carbocycles. The predicted molar refractivity (Wildman–Crippen MR) is 252 cm³/mol. The second-order valence-corrected chi connectivity index (χ2v) is 21.6. The first-order valence-electron chi connectivity index (χ1n) is 23.4. The second kappa shape index (κ2) is 20.5. The van der Waals surface area contributed by atoms with Gasteiger partial charge in [0, 0.05) is 42.2 Å². The maximum absolute atomic E-state index is 15.1. The molecule has 0 radical (unpaired) electrons. The highest BCUT2D eigenvalue weighted by Crippen LogP contribution is 2.88. The van der Waals surface area contributed by atoms with Crippen molar-refractivity contribution in [1.82, 2.24) is 36.0 Å². The zero-order chi connectivity index (χ0) is 47.2. The third kappa shape index (κ3) is 10.1. The zero-order valence-corrected chi connectivity index (χ0v) is 41.1.